The molecular formula is C20H37IN4O2. The minimum Gasteiger partial charge on any atom is -0.493 e. The maximum Gasteiger partial charge on any atom is 0.191 e. The van der Waals surface area contributed by atoms with Crippen LogP contribution in [0.4, 0.5) is 0 Å². The molecule has 0 heterocycles. The smallest absolute Gasteiger partial charge is 0.191 e. The molecular weight excluding hydrogens is 455 g/mol. The van der Waals surface area contributed by atoms with Gasteiger partial charge in [-0.3, -0.25) is 4.99 Å². The van der Waals surface area contributed by atoms with Crippen molar-refractivity contribution >= 4 is 29.9 Å². The van der Waals surface area contributed by atoms with Crippen LogP contribution >= 0.6 is 24.0 Å². The molecule has 6 nitrogen and oxygen atoms in total. The third-order valence-electron chi connectivity index (χ3n) is 4.56. The quantitative estimate of drug-likeness (QED) is 0.283. The SMILES string of the molecule is CCNC(=NCCN(C)C(C)CC)NCCc1ccc(OC)c(OC)c1.I. The number of benzene rings is 1. The van der Waals surface area contributed by atoms with Crippen LogP contribution < -0.4 is 20.1 Å². The highest BCUT2D eigenvalue weighted by molar-refractivity contribution is 14.0. The summed E-state index contributed by atoms with van der Waals surface area (Å²) in [4.78, 5) is 7.01. The Morgan fingerprint density at radius 3 is 2.44 bits per heavy atom. The number of methoxy groups -OCH3 is 2. The number of hydrogen-bond acceptors (Lipinski definition) is 4. The van der Waals surface area contributed by atoms with Gasteiger partial charge >= 0.3 is 0 Å². The fraction of sp³-hybridized carbons (Fsp3) is 0.650. The minimum atomic E-state index is 0. The van der Waals surface area contributed by atoms with Gasteiger partial charge in [0.1, 0.15) is 0 Å². The largest absolute Gasteiger partial charge is 0.493 e. The zero-order valence-corrected chi connectivity index (χ0v) is 20.0. The second-order valence-electron chi connectivity index (χ2n) is 6.36. The Bertz CT molecular complexity index is 555. The third kappa shape index (κ3) is 9.51. The number of nitrogens with zero attached hydrogens (tertiary/aromatic N) is 2. The van der Waals surface area contributed by atoms with Crippen LogP contribution in [0.5, 0.6) is 11.5 Å². The van der Waals surface area contributed by atoms with Crippen molar-refractivity contribution in [3.05, 3.63) is 23.8 Å². The van der Waals surface area contributed by atoms with Crippen molar-refractivity contribution in [1.29, 1.82) is 0 Å². The Kier molecular flexibility index (Phi) is 14.1. The highest BCUT2D eigenvalue weighted by atomic mass is 127. The van der Waals surface area contributed by atoms with E-state index in [1.54, 1.807) is 14.2 Å². The van der Waals surface area contributed by atoms with Gasteiger partial charge in [0, 0.05) is 25.7 Å². The molecule has 0 aromatic heterocycles. The van der Waals surface area contributed by atoms with E-state index < -0.39 is 0 Å². The van der Waals surface area contributed by atoms with Gasteiger partial charge < -0.3 is 25.0 Å². The summed E-state index contributed by atoms with van der Waals surface area (Å²) in [7, 11) is 5.46. The summed E-state index contributed by atoms with van der Waals surface area (Å²) in [5.41, 5.74) is 1.20. The number of aliphatic imine (C=N–C) groups is 1. The molecule has 156 valence electrons. The van der Waals surface area contributed by atoms with E-state index in [1.807, 2.05) is 12.1 Å². The Morgan fingerprint density at radius 1 is 1.15 bits per heavy atom. The Balaban J connectivity index is 0.00000676. The molecule has 1 rings (SSSR count). The molecule has 0 saturated carbocycles. The van der Waals surface area contributed by atoms with Gasteiger partial charge in [-0.1, -0.05) is 13.0 Å². The number of nitrogens with one attached hydrogen (secondary N) is 2. The predicted molar refractivity (Wildman–Crippen MR) is 125 cm³/mol. The molecule has 0 aliphatic rings. The summed E-state index contributed by atoms with van der Waals surface area (Å²) >= 11 is 0. The molecule has 0 aliphatic heterocycles. The molecule has 0 radical (unpaired) electrons. The van der Waals surface area contributed by atoms with Crippen molar-refractivity contribution in [3.8, 4) is 11.5 Å². The van der Waals surface area contributed by atoms with Crippen molar-refractivity contribution in [2.45, 2.75) is 39.7 Å². The van der Waals surface area contributed by atoms with E-state index in [9.17, 15) is 0 Å². The molecule has 0 aliphatic carbocycles. The summed E-state index contributed by atoms with van der Waals surface area (Å²) < 4.78 is 10.6. The van der Waals surface area contributed by atoms with Gasteiger partial charge in [-0.15, -0.1) is 24.0 Å². The lowest BCUT2D eigenvalue weighted by molar-refractivity contribution is 0.259. The lowest BCUT2D eigenvalue weighted by Gasteiger charge is -2.22. The van der Waals surface area contributed by atoms with E-state index in [2.05, 4.69) is 54.4 Å². The van der Waals surface area contributed by atoms with E-state index >= 15 is 0 Å². The second kappa shape index (κ2) is 14.8. The summed E-state index contributed by atoms with van der Waals surface area (Å²) in [5, 5.41) is 6.70. The molecule has 0 fully saturated rings. The van der Waals surface area contributed by atoms with Crippen molar-refractivity contribution in [2.75, 3.05) is 47.4 Å². The van der Waals surface area contributed by atoms with Crippen LogP contribution in [-0.4, -0.2) is 64.3 Å². The normalized spacial score (nSPS) is 12.3. The first-order valence-corrected chi connectivity index (χ1v) is 9.48. The van der Waals surface area contributed by atoms with Crippen LogP contribution in [0.1, 0.15) is 32.8 Å². The average Bonchev–Trinajstić information content (AvgIpc) is 2.66. The molecule has 0 amide bonds. The van der Waals surface area contributed by atoms with E-state index in [0.717, 1.165) is 56.5 Å². The number of guanidine groups is 1. The Morgan fingerprint density at radius 2 is 1.85 bits per heavy atom. The van der Waals surface area contributed by atoms with Crippen LogP contribution in [0.3, 0.4) is 0 Å². The molecule has 7 heteroatoms. The zero-order valence-electron chi connectivity index (χ0n) is 17.7. The van der Waals surface area contributed by atoms with Gasteiger partial charge in [0.2, 0.25) is 0 Å². The van der Waals surface area contributed by atoms with E-state index in [-0.39, 0.29) is 24.0 Å². The molecule has 2 N–H and O–H groups in total. The standard InChI is InChI=1S/C20H36N4O2.HI/c1-7-16(3)24(4)14-13-23-20(21-8-2)22-12-11-17-9-10-18(25-5)19(15-17)26-6;/h9-10,15-16H,7-8,11-14H2,1-6H3,(H2,21,22,23);1H. The monoisotopic (exact) mass is 492 g/mol. The number of rotatable bonds is 11. The molecule has 1 atom stereocenters. The second-order valence-corrected chi connectivity index (χ2v) is 6.36. The minimum absolute atomic E-state index is 0. The molecule has 0 saturated heterocycles. The maximum absolute atomic E-state index is 5.36. The molecule has 0 bridgehead atoms. The van der Waals surface area contributed by atoms with Crippen LogP contribution in [0.15, 0.2) is 23.2 Å². The molecule has 1 aromatic rings. The number of hydrogen-bond donors (Lipinski definition) is 2. The number of halogens is 1. The van der Waals surface area contributed by atoms with Crippen molar-refractivity contribution in [3.63, 3.8) is 0 Å². The molecule has 27 heavy (non-hydrogen) atoms. The molecule has 1 aromatic carbocycles. The molecule has 1 unspecified atom stereocenters. The van der Waals surface area contributed by atoms with Crippen LogP contribution in [-0.2, 0) is 6.42 Å². The van der Waals surface area contributed by atoms with Gasteiger partial charge in [-0.2, -0.15) is 0 Å². The van der Waals surface area contributed by atoms with Gasteiger partial charge in [-0.25, -0.2) is 0 Å². The van der Waals surface area contributed by atoms with E-state index in [0.29, 0.717) is 6.04 Å². The molecule has 0 spiro atoms. The van der Waals surface area contributed by atoms with Crippen LogP contribution in [0.2, 0.25) is 0 Å². The number of likely N-dealkylation sites (N-methyl/N-ethyl adjacent to an activating group) is 1. The first-order valence-electron chi connectivity index (χ1n) is 9.48. The van der Waals surface area contributed by atoms with E-state index in [1.165, 1.54) is 5.56 Å². The summed E-state index contributed by atoms with van der Waals surface area (Å²) in [6.45, 7) is 9.94. The van der Waals surface area contributed by atoms with Gasteiger partial charge in [0.15, 0.2) is 17.5 Å². The summed E-state index contributed by atoms with van der Waals surface area (Å²) in [6.07, 6.45) is 2.04. The highest BCUT2D eigenvalue weighted by Crippen LogP contribution is 2.27. The highest BCUT2D eigenvalue weighted by Gasteiger charge is 2.07. The maximum atomic E-state index is 5.36. The number of ether oxygens (including phenoxy) is 2. The van der Waals surface area contributed by atoms with Crippen molar-refractivity contribution in [2.24, 2.45) is 4.99 Å². The van der Waals surface area contributed by atoms with Crippen molar-refractivity contribution in [1.82, 2.24) is 15.5 Å². The lowest BCUT2D eigenvalue weighted by atomic mass is 10.1. The lowest BCUT2D eigenvalue weighted by Crippen LogP contribution is -2.39. The third-order valence-corrected chi connectivity index (χ3v) is 4.56. The van der Waals surface area contributed by atoms with Crippen molar-refractivity contribution < 1.29 is 9.47 Å². The summed E-state index contributed by atoms with van der Waals surface area (Å²) in [6, 6.07) is 6.61. The summed E-state index contributed by atoms with van der Waals surface area (Å²) in [5.74, 6) is 2.38. The van der Waals surface area contributed by atoms with Crippen LogP contribution in [0.25, 0.3) is 0 Å². The fourth-order valence-corrected chi connectivity index (χ4v) is 2.55. The van der Waals surface area contributed by atoms with Gasteiger partial charge in [-0.05, 0) is 51.4 Å². The van der Waals surface area contributed by atoms with Gasteiger partial charge in [0.25, 0.3) is 0 Å². The van der Waals surface area contributed by atoms with Gasteiger partial charge in [0.05, 0.1) is 20.8 Å². The first kappa shape index (κ1) is 25.8. The topological polar surface area (TPSA) is 58.1 Å². The first-order chi connectivity index (χ1) is 12.5. The van der Waals surface area contributed by atoms with Crippen LogP contribution in [0, 0.1) is 0 Å². The predicted octanol–water partition coefficient (Wildman–Crippen LogP) is 3.15. The fourth-order valence-electron chi connectivity index (χ4n) is 2.55. The van der Waals surface area contributed by atoms with E-state index in [4.69, 9.17) is 9.47 Å². The average molecular weight is 492 g/mol. The Hall–Kier alpha value is -1.22. The zero-order chi connectivity index (χ0) is 19.4. The Labute approximate surface area is 182 Å².